The van der Waals surface area contributed by atoms with Crippen LogP contribution < -0.4 is 0 Å². The van der Waals surface area contributed by atoms with Crippen molar-refractivity contribution in [3.8, 4) is 0 Å². The van der Waals surface area contributed by atoms with Gasteiger partial charge in [0.2, 0.25) is 0 Å². The fourth-order valence-electron chi connectivity index (χ4n) is 4.31. The van der Waals surface area contributed by atoms with E-state index in [1.807, 2.05) is 13.8 Å². The molecule has 0 aromatic carbocycles. The molecule has 0 aliphatic heterocycles. The second-order valence-electron chi connectivity index (χ2n) is 9.17. The molecule has 0 amide bonds. The van der Waals surface area contributed by atoms with Crippen LogP contribution in [0.3, 0.4) is 0 Å². The molecule has 1 fully saturated rings. The van der Waals surface area contributed by atoms with Gasteiger partial charge in [-0.3, -0.25) is 0 Å². The van der Waals surface area contributed by atoms with Gasteiger partial charge in [0, 0.05) is 0 Å². The fraction of sp³-hybridized carbons (Fsp3) is 0.875. The summed E-state index contributed by atoms with van der Waals surface area (Å²) in [7, 11) is 0. The molecule has 0 bridgehead atoms. The Morgan fingerprint density at radius 1 is 1.00 bits per heavy atom. The van der Waals surface area contributed by atoms with Gasteiger partial charge in [-0.2, -0.15) is 0 Å². The zero-order valence-corrected chi connectivity index (χ0v) is 21.7. The summed E-state index contributed by atoms with van der Waals surface area (Å²) in [5.74, 6) is 0.596. The predicted octanol–water partition coefficient (Wildman–Crippen LogP) is 7.69. The predicted molar refractivity (Wildman–Crippen MR) is 121 cm³/mol. The van der Waals surface area contributed by atoms with Crippen LogP contribution in [0.2, 0.25) is 13.3 Å². The number of allylic oxidation sites excluding steroid dienone is 1. The van der Waals surface area contributed by atoms with Crippen LogP contribution >= 0.6 is 0 Å². The average Bonchev–Trinajstić information content (AvgIpc) is 2.67. The third-order valence-corrected chi connectivity index (χ3v) is 20.3. The first-order chi connectivity index (χ1) is 13.0. The van der Waals surface area contributed by atoms with Gasteiger partial charge in [0.25, 0.3) is 0 Å². The van der Waals surface area contributed by atoms with Gasteiger partial charge < -0.3 is 0 Å². The van der Waals surface area contributed by atoms with E-state index in [0.29, 0.717) is 5.92 Å². The van der Waals surface area contributed by atoms with Gasteiger partial charge in [-0.25, -0.2) is 0 Å². The topological polar surface area (TPSA) is 26.3 Å². The van der Waals surface area contributed by atoms with E-state index in [4.69, 9.17) is 4.74 Å². The Morgan fingerprint density at radius 3 is 2.04 bits per heavy atom. The number of esters is 1. The summed E-state index contributed by atoms with van der Waals surface area (Å²) >= 11 is -2.17. The Balaban J connectivity index is 2.77. The fourth-order valence-corrected chi connectivity index (χ4v) is 18.9. The van der Waals surface area contributed by atoms with Gasteiger partial charge in [-0.05, 0) is 0 Å². The number of rotatable bonds is 13. The minimum absolute atomic E-state index is 0.0121. The molecular formula is C24H46O2Sn. The molecule has 158 valence electrons. The second kappa shape index (κ2) is 14.1. The third kappa shape index (κ3) is 9.85. The van der Waals surface area contributed by atoms with Crippen LogP contribution in [0.4, 0.5) is 0 Å². The number of unbranched alkanes of at least 4 members (excludes halogenated alkanes) is 3. The van der Waals surface area contributed by atoms with Gasteiger partial charge in [-0.15, -0.1) is 0 Å². The van der Waals surface area contributed by atoms with Crippen molar-refractivity contribution in [3.63, 3.8) is 0 Å². The van der Waals surface area contributed by atoms with Crippen molar-refractivity contribution in [2.45, 2.75) is 118 Å². The first kappa shape index (κ1) is 25.0. The van der Waals surface area contributed by atoms with Crippen LogP contribution in [0, 0.1) is 11.8 Å². The first-order valence-corrected chi connectivity index (χ1v) is 19.6. The Hall–Kier alpha value is 0.00870. The molecule has 1 rings (SSSR count). The third-order valence-electron chi connectivity index (χ3n) is 6.23. The molecule has 0 heterocycles. The van der Waals surface area contributed by atoms with Crippen molar-refractivity contribution < 1.29 is 9.53 Å². The number of carbonyl (C=O) groups excluding carboxylic acids is 1. The van der Waals surface area contributed by atoms with Crippen molar-refractivity contribution in [1.29, 1.82) is 0 Å². The molecule has 0 N–H and O–H groups in total. The van der Waals surface area contributed by atoms with Gasteiger partial charge in [0.1, 0.15) is 0 Å². The minimum atomic E-state index is -2.17. The summed E-state index contributed by atoms with van der Waals surface area (Å²) in [6, 6.07) is 0. The van der Waals surface area contributed by atoms with Crippen molar-refractivity contribution in [2.24, 2.45) is 11.8 Å². The van der Waals surface area contributed by atoms with E-state index < -0.39 is 18.4 Å². The Morgan fingerprint density at radius 2 is 1.56 bits per heavy atom. The van der Waals surface area contributed by atoms with Gasteiger partial charge in [-0.1, -0.05) is 0 Å². The summed E-state index contributed by atoms with van der Waals surface area (Å²) < 4.78 is 13.2. The molecule has 0 aromatic heterocycles. The molecule has 2 atom stereocenters. The van der Waals surface area contributed by atoms with Crippen LogP contribution in [-0.4, -0.2) is 30.5 Å². The molecule has 0 unspecified atom stereocenters. The summed E-state index contributed by atoms with van der Waals surface area (Å²) in [6.07, 6.45) is 15.6. The van der Waals surface area contributed by atoms with Crippen LogP contribution in [0.25, 0.3) is 0 Å². The van der Waals surface area contributed by atoms with E-state index >= 15 is 0 Å². The Kier molecular flexibility index (Phi) is 13.0. The van der Waals surface area contributed by atoms with E-state index in [2.05, 4.69) is 30.9 Å². The van der Waals surface area contributed by atoms with Crippen molar-refractivity contribution in [1.82, 2.24) is 0 Å². The molecule has 1 aliphatic rings. The first-order valence-electron chi connectivity index (χ1n) is 11.9. The maximum absolute atomic E-state index is 12.0. The molecule has 0 radical (unpaired) electrons. The molecule has 27 heavy (non-hydrogen) atoms. The van der Waals surface area contributed by atoms with Crippen LogP contribution in [0.5, 0.6) is 0 Å². The number of hydrogen-bond acceptors (Lipinski definition) is 2. The monoisotopic (exact) mass is 486 g/mol. The zero-order valence-electron chi connectivity index (χ0n) is 18.9. The Labute approximate surface area is 173 Å². The van der Waals surface area contributed by atoms with Crippen LogP contribution in [-0.2, 0) is 9.53 Å². The normalized spacial score (nSPS) is 21.1. The van der Waals surface area contributed by atoms with E-state index in [-0.39, 0.29) is 18.0 Å². The van der Waals surface area contributed by atoms with Crippen molar-refractivity contribution in [3.05, 3.63) is 10.2 Å². The standard InChI is InChI=1S/C12H19O2.3C4H9.Sn/c1-4-10-6-5-7-11(8-10)14-12(13)9(2)3;3*1-3-4-2;/h1,4,9-11H,5-8H2,2-3H3;3*1,3-4H2,2H3;/t10-,11+;;;;/m1..../s1. The maximum atomic E-state index is 12.0. The van der Waals surface area contributed by atoms with Crippen LogP contribution in [0.1, 0.15) is 98.8 Å². The summed E-state index contributed by atoms with van der Waals surface area (Å²) in [5.41, 5.74) is 0. The van der Waals surface area contributed by atoms with E-state index in [0.717, 1.165) is 12.8 Å². The van der Waals surface area contributed by atoms with Gasteiger partial charge in [0.05, 0.1) is 0 Å². The number of hydrogen-bond donors (Lipinski definition) is 0. The molecule has 1 saturated carbocycles. The van der Waals surface area contributed by atoms with Crippen molar-refractivity contribution >= 4 is 24.3 Å². The number of carbonyl (C=O) groups is 1. The molecule has 1 aliphatic carbocycles. The number of ether oxygens (including phenoxy) is 1. The summed E-state index contributed by atoms with van der Waals surface area (Å²) in [6.45, 7) is 10.9. The van der Waals surface area contributed by atoms with E-state index in [1.54, 1.807) is 13.3 Å². The van der Waals surface area contributed by atoms with Gasteiger partial charge in [0.15, 0.2) is 0 Å². The van der Waals surface area contributed by atoms with Crippen LogP contribution in [0.15, 0.2) is 10.2 Å². The molecular weight excluding hydrogens is 439 g/mol. The molecule has 2 nitrogen and oxygen atoms in total. The average molecular weight is 485 g/mol. The molecule has 0 aromatic rings. The summed E-state index contributed by atoms with van der Waals surface area (Å²) in [5, 5.41) is 0. The van der Waals surface area contributed by atoms with Crippen molar-refractivity contribution in [2.75, 3.05) is 0 Å². The SMILES string of the molecule is CCC[CH2][Sn](/[CH]=C\[C@@H]1CCC[C@H](OC(=O)C(C)C)C1)([CH2]CCC)[CH2]CCC. The molecule has 0 spiro atoms. The molecule has 3 heteroatoms. The quantitative estimate of drug-likeness (QED) is 0.198. The van der Waals surface area contributed by atoms with E-state index in [9.17, 15) is 4.79 Å². The Bertz CT molecular complexity index is 408. The van der Waals surface area contributed by atoms with E-state index in [1.165, 1.54) is 51.4 Å². The second-order valence-corrected chi connectivity index (χ2v) is 22.2. The summed E-state index contributed by atoms with van der Waals surface area (Å²) in [4.78, 5) is 12.0. The van der Waals surface area contributed by atoms with Gasteiger partial charge >= 0.3 is 174 Å². The molecule has 0 saturated heterocycles. The zero-order chi connectivity index (χ0) is 20.1.